The summed E-state index contributed by atoms with van der Waals surface area (Å²) in [5, 5.41) is 0. The topological polar surface area (TPSA) is 0 Å². The van der Waals surface area contributed by atoms with Crippen molar-refractivity contribution in [1.29, 1.82) is 0 Å². The molecule has 0 heteroatoms. The highest BCUT2D eigenvalue weighted by atomic mass is 14.4. The monoisotopic (exact) mass is 136 g/mol. The fourth-order valence-corrected chi connectivity index (χ4v) is 2.25. The molecular formula is C10H16. The minimum Gasteiger partial charge on any atom is -0.0848 e. The van der Waals surface area contributed by atoms with Gasteiger partial charge in [-0.15, -0.1) is 0 Å². The Morgan fingerprint density at radius 1 is 1.30 bits per heavy atom. The second-order valence-corrected chi connectivity index (χ2v) is 4.04. The van der Waals surface area contributed by atoms with Crippen LogP contribution in [0.5, 0.6) is 0 Å². The van der Waals surface area contributed by atoms with E-state index in [0.717, 1.165) is 0 Å². The predicted molar refractivity (Wildman–Crippen MR) is 43.9 cm³/mol. The van der Waals surface area contributed by atoms with Crippen LogP contribution in [-0.4, -0.2) is 0 Å². The van der Waals surface area contributed by atoms with E-state index in [1.54, 1.807) is 5.57 Å². The molecule has 0 aliphatic heterocycles. The van der Waals surface area contributed by atoms with E-state index >= 15 is 0 Å². The van der Waals surface area contributed by atoms with Crippen molar-refractivity contribution in [3.63, 3.8) is 0 Å². The first-order valence-corrected chi connectivity index (χ1v) is 4.51. The Kier molecular flexibility index (Phi) is 1.36. The first-order chi connectivity index (χ1) is 4.81. The molecule has 0 bridgehead atoms. The van der Waals surface area contributed by atoms with Gasteiger partial charge in [-0.1, -0.05) is 25.0 Å². The molecule has 0 saturated heterocycles. The minimum atomic E-state index is 0.663. The Labute approximate surface area is 63.3 Å². The Morgan fingerprint density at radius 2 is 2.10 bits per heavy atom. The van der Waals surface area contributed by atoms with Gasteiger partial charge in [0.25, 0.3) is 0 Å². The molecule has 1 fully saturated rings. The summed E-state index contributed by atoms with van der Waals surface area (Å²) in [6, 6.07) is 0. The molecule has 1 saturated carbocycles. The smallest absolute Gasteiger partial charge is 0.0116 e. The molecule has 0 unspecified atom stereocenters. The van der Waals surface area contributed by atoms with Crippen LogP contribution in [0.25, 0.3) is 0 Å². The fraction of sp³-hybridized carbons (Fsp3) is 0.800. The van der Waals surface area contributed by atoms with E-state index < -0.39 is 0 Å². The van der Waals surface area contributed by atoms with E-state index in [2.05, 4.69) is 13.0 Å². The Balaban J connectivity index is 2.09. The molecule has 0 radical (unpaired) electrons. The normalized spacial score (nSPS) is 29.5. The molecule has 10 heavy (non-hydrogen) atoms. The lowest BCUT2D eigenvalue weighted by atomic mass is 9.65. The van der Waals surface area contributed by atoms with Crippen molar-refractivity contribution in [1.82, 2.24) is 0 Å². The van der Waals surface area contributed by atoms with Crippen LogP contribution < -0.4 is 0 Å². The number of hydrogen-bond donors (Lipinski definition) is 0. The number of allylic oxidation sites excluding steroid dienone is 2. The van der Waals surface area contributed by atoms with Gasteiger partial charge in [0, 0.05) is 0 Å². The van der Waals surface area contributed by atoms with Gasteiger partial charge in [0.2, 0.25) is 0 Å². The standard InChI is InChI=1S/C10H16/c1-10(7-4-8-10)9-5-2-3-6-9/h5H,2-4,6-8H2,1H3. The van der Waals surface area contributed by atoms with Crippen LogP contribution in [0.15, 0.2) is 11.6 Å². The zero-order chi connectivity index (χ0) is 7.03. The average Bonchev–Trinajstić information content (AvgIpc) is 2.33. The highest BCUT2D eigenvalue weighted by molar-refractivity contribution is 5.19. The molecule has 0 aromatic carbocycles. The van der Waals surface area contributed by atoms with Gasteiger partial charge in [-0.2, -0.15) is 0 Å². The summed E-state index contributed by atoms with van der Waals surface area (Å²) in [5.74, 6) is 0. The Hall–Kier alpha value is -0.260. The van der Waals surface area contributed by atoms with Crippen LogP contribution in [0.4, 0.5) is 0 Å². The van der Waals surface area contributed by atoms with Gasteiger partial charge in [0.05, 0.1) is 0 Å². The van der Waals surface area contributed by atoms with Crippen LogP contribution >= 0.6 is 0 Å². The summed E-state index contributed by atoms with van der Waals surface area (Å²) < 4.78 is 0. The van der Waals surface area contributed by atoms with Crippen molar-refractivity contribution in [3.05, 3.63) is 11.6 Å². The highest BCUT2D eigenvalue weighted by Crippen LogP contribution is 2.49. The van der Waals surface area contributed by atoms with Gasteiger partial charge in [0.1, 0.15) is 0 Å². The molecule has 0 atom stereocenters. The zero-order valence-corrected chi connectivity index (χ0v) is 6.82. The molecule has 2 aliphatic carbocycles. The van der Waals surface area contributed by atoms with Crippen LogP contribution in [0.2, 0.25) is 0 Å². The molecule has 0 N–H and O–H groups in total. The van der Waals surface area contributed by atoms with Crippen molar-refractivity contribution in [2.45, 2.75) is 45.4 Å². The molecule has 0 spiro atoms. The van der Waals surface area contributed by atoms with Gasteiger partial charge in [-0.05, 0) is 37.5 Å². The summed E-state index contributed by atoms with van der Waals surface area (Å²) in [6.07, 6.45) is 11.0. The maximum atomic E-state index is 2.49. The van der Waals surface area contributed by atoms with E-state index in [0.29, 0.717) is 5.41 Å². The number of rotatable bonds is 1. The van der Waals surface area contributed by atoms with Gasteiger partial charge < -0.3 is 0 Å². The lowest BCUT2D eigenvalue weighted by molar-refractivity contribution is 0.210. The van der Waals surface area contributed by atoms with Crippen molar-refractivity contribution < 1.29 is 0 Å². The maximum absolute atomic E-state index is 2.49. The summed E-state index contributed by atoms with van der Waals surface area (Å²) >= 11 is 0. The molecule has 2 aliphatic rings. The zero-order valence-electron chi connectivity index (χ0n) is 6.82. The van der Waals surface area contributed by atoms with Crippen molar-refractivity contribution in [2.75, 3.05) is 0 Å². The van der Waals surface area contributed by atoms with E-state index in [-0.39, 0.29) is 0 Å². The van der Waals surface area contributed by atoms with E-state index in [9.17, 15) is 0 Å². The summed E-state index contributed by atoms with van der Waals surface area (Å²) in [7, 11) is 0. The summed E-state index contributed by atoms with van der Waals surface area (Å²) in [4.78, 5) is 0. The van der Waals surface area contributed by atoms with Crippen LogP contribution in [0.3, 0.4) is 0 Å². The quantitative estimate of drug-likeness (QED) is 0.485. The second kappa shape index (κ2) is 2.11. The maximum Gasteiger partial charge on any atom is -0.0116 e. The van der Waals surface area contributed by atoms with Crippen LogP contribution in [0, 0.1) is 5.41 Å². The first-order valence-electron chi connectivity index (χ1n) is 4.51. The highest BCUT2D eigenvalue weighted by Gasteiger charge is 2.35. The van der Waals surface area contributed by atoms with E-state index in [1.165, 1.54) is 38.5 Å². The average molecular weight is 136 g/mol. The van der Waals surface area contributed by atoms with Crippen molar-refractivity contribution in [3.8, 4) is 0 Å². The molecule has 0 heterocycles. The van der Waals surface area contributed by atoms with Gasteiger partial charge in [-0.25, -0.2) is 0 Å². The molecule has 0 aromatic heterocycles. The summed E-state index contributed by atoms with van der Waals surface area (Å²) in [5.41, 5.74) is 2.44. The number of hydrogen-bond acceptors (Lipinski definition) is 0. The van der Waals surface area contributed by atoms with Gasteiger partial charge in [-0.3, -0.25) is 0 Å². The van der Waals surface area contributed by atoms with Crippen molar-refractivity contribution in [2.24, 2.45) is 5.41 Å². The third kappa shape index (κ3) is 0.817. The summed E-state index contributed by atoms with van der Waals surface area (Å²) in [6.45, 7) is 2.44. The Morgan fingerprint density at radius 3 is 2.50 bits per heavy atom. The van der Waals surface area contributed by atoms with Gasteiger partial charge in [0.15, 0.2) is 0 Å². The third-order valence-electron chi connectivity index (χ3n) is 3.27. The second-order valence-electron chi connectivity index (χ2n) is 4.04. The lowest BCUT2D eigenvalue weighted by Gasteiger charge is -2.40. The van der Waals surface area contributed by atoms with Crippen LogP contribution in [0.1, 0.15) is 45.4 Å². The van der Waals surface area contributed by atoms with Gasteiger partial charge >= 0.3 is 0 Å². The molecule has 2 rings (SSSR count). The molecular weight excluding hydrogens is 120 g/mol. The third-order valence-corrected chi connectivity index (χ3v) is 3.27. The molecule has 0 nitrogen and oxygen atoms in total. The van der Waals surface area contributed by atoms with Crippen LogP contribution in [-0.2, 0) is 0 Å². The van der Waals surface area contributed by atoms with E-state index in [4.69, 9.17) is 0 Å². The first kappa shape index (κ1) is 6.45. The van der Waals surface area contributed by atoms with Crippen molar-refractivity contribution >= 4 is 0 Å². The largest absolute Gasteiger partial charge is 0.0848 e. The predicted octanol–water partition coefficient (Wildman–Crippen LogP) is 3.29. The molecule has 0 amide bonds. The van der Waals surface area contributed by atoms with E-state index in [1.807, 2.05) is 0 Å². The SMILES string of the molecule is CC1(C2=CCCC2)CCC1. The minimum absolute atomic E-state index is 0.663. The molecule has 0 aromatic rings. The lowest BCUT2D eigenvalue weighted by Crippen LogP contribution is -2.26. The Bertz CT molecular complexity index is 161. The molecule has 56 valence electrons. The fourth-order valence-electron chi connectivity index (χ4n) is 2.25.